The molecule has 2 unspecified atom stereocenters. The van der Waals surface area contributed by atoms with Crippen molar-refractivity contribution < 1.29 is 14.3 Å². The number of benzene rings is 1. The molecular formula is C23H30N4O3. The first-order valence-electron chi connectivity index (χ1n) is 10.6. The van der Waals surface area contributed by atoms with Gasteiger partial charge in [-0.15, -0.1) is 0 Å². The van der Waals surface area contributed by atoms with Crippen molar-refractivity contribution in [3.8, 4) is 0 Å². The van der Waals surface area contributed by atoms with Crippen molar-refractivity contribution in [3.05, 3.63) is 59.2 Å². The maximum atomic E-state index is 12.4. The molecule has 4 rings (SSSR count). The van der Waals surface area contributed by atoms with E-state index in [1.54, 1.807) is 0 Å². The van der Waals surface area contributed by atoms with Crippen molar-refractivity contribution in [3.63, 3.8) is 0 Å². The summed E-state index contributed by atoms with van der Waals surface area (Å²) in [4.78, 5) is 23.4. The molecule has 0 bridgehead atoms. The van der Waals surface area contributed by atoms with Crippen molar-refractivity contribution in [1.82, 2.24) is 20.2 Å². The highest BCUT2D eigenvalue weighted by molar-refractivity contribution is 5.94. The van der Waals surface area contributed by atoms with Crippen LogP contribution in [-0.4, -0.2) is 65.3 Å². The molecule has 2 saturated heterocycles. The Morgan fingerprint density at radius 2 is 2.00 bits per heavy atom. The van der Waals surface area contributed by atoms with E-state index in [1.807, 2.05) is 50.5 Å². The van der Waals surface area contributed by atoms with Gasteiger partial charge in [0.05, 0.1) is 19.3 Å². The largest absolute Gasteiger partial charge is 0.377 e. The predicted molar refractivity (Wildman–Crippen MR) is 113 cm³/mol. The molecule has 2 atom stereocenters. The Hall–Kier alpha value is -2.35. The Kier molecular flexibility index (Phi) is 6.41. The fourth-order valence-electron chi connectivity index (χ4n) is 4.15. The lowest BCUT2D eigenvalue weighted by molar-refractivity contribution is -0.0849. The van der Waals surface area contributed by atoms with Crippen LogP contribution in [0.5, 0.6) is 0 Å². The van der Waals surface area contributed by atoms with Gasteiger partial charge in [-0.2, -0.15) is 0 Å². The Morgan fingerprint density at radius 1 is 1.23 bits per heavy atom. The van der Waals surface area contributed by atoms with Crippen LogP contribution in [0.1, 0.15) is 40.2 Å². The van der Waals surface area contributed by atoms with Crippen LogP contribution in [-0.2, 0) is 16.0 Å². The Balaban J connectivity index is 1.32. The Bertz CT molecular complexity index is 856. The van der Waals surface area contributed by atoms with E-state index in [2.05, 4.69) is 20.2 Å². The summed E-state index contributed by atoms with van der Waals surface area (Å²) in [7, 11) is 0. The van der Waals surface area contributed by atoms with Crippen LogP contribution in [0.2, 0.25) is 0 Å². The van der Waals surface area contributed by atoms with Crippen LogP contribution in [0.4, 0.5) is 0 Å². The van der Waals surface area contributed by atoms with Crippen molar-refractivity contribution >= 4 is 5.91 Å². The minimum absolute atomic E-state index is 0.00524. The van der Waals surface area contributed by atoms with Crippen molar-refractivity contribution in [2.24, 2.45) is 0 Å². The van der Waals surface area contributed by atoms with Gasteiger partial charge in [0, 0.05) is 49.7 Å². The maximum Gasteiger partial charge on any atom is 0.251 e. The minimum Gasteiger partial charge on any atom is -0.377 e. The normalized spacial score (nSPS) is 24.7. The quantitative estimate of drug-likeness (QED) is 0.815. The second-order valence-electron chi connectivity index (χ2n) is 8.44. The maximum absolute atomic E-state index is 12.4. The van der Waals surface area contributed by atoms with Gasteiger partial charge in [-0.25, -0.2) is 9.97 Å². The topological polar surface area (TPSA) is 76.6 Å². The average Bonchev–Trinajstić information content (AvgIpc) is 3.03. The molecule has 1 amide bonds. The molecule has 0 radical (unpaired) electrons. The fourth-order valence-corrected chi connectivity index (χ4v) is 4.15. The van der Waals surface area contributed by atoms with E-state index in [0.29, 0.717) is 25.3 Å². The van der Waals surface area contributed by atoms with E-state index in [0.717, 1.165) is 49.4 Å². The first kappa shape index (κ1) is 20.9. The van der Waals surface area contributed by atoms with E-state index >= 15 is 0 Å². The molecule has 7 heteroatoms. The number of aromatic nitrogens is 2. The van der Waals surface area contributed by atoms with E-state index in [9.17, 15) is 4.79 Å². The van der Waals surface area contributed by atoms with E-state index < -0.39 is 0 Å². The summed E-state index contributed by atoms with van der Waals surface area (Å²) in [5.74, 6) is 0.724. The lowest BCUT2D eigenvalue weighted by Crippen LogP contribution is -2.45. The highest BCUT2D eigenvalue weighted by Gasteiger charge is 2.43. The zero-order valence-electron chi connectivity index (χ0n) is 17.8. The molecule has 0 saturated carbocycles. The second-order valence-corrected chi connectivity index (χ2v) is 8.44. The number of rotatable bonds is 5. The highest BCUT2D eigenvalue weighted by atomic mass is 16.6. The molecule has 1 aromatic carbocycles. The third-order valence-electron chi connectivity index (χ3n) is 5.81. The smallest absolute Gasteiger partial charge is 0.251 e. The molecule has 1 spiro atoms. The summed E-state index contributed by atoms with van der Waals surface area (Å²) in [6, 6.07) is 7.61. The number of nitrogens with zero attached hydrogens (tertiary/aromatic N) is 3. The minimum atomic E-state index is -0.318. The van der Waals surface area contributed by atoms with E-state index in [4.69, 9.17) is 9.47 Å². The molecule has 2 aliphatic heterocycles. The van der Waals surface area contributed by atoms with Crippen LogP contribution >= 0.6 is 0 Å². The number of ether oxygens (including phenoxy) is 2. The Morgan fingerprint density at radius 3 is 2.77 bits per heavy atom. The summed E-state index contributed by atoms with van der Waals surface area (Å²) < 4.78 is 12.3. The molecule has 0 aliphatic carbocycles. The van der Waals surface area contributed by atoms with Gasteiger partial charge >= 0.3 is 0 Å². The van der Waals surface area contributed by atoms with Crippen LogP contribution in [0.15, 0.2) is 36.7 Å². The number of carbonyl (C=O) groups excluding carboxylic acids is 1. The van der Waals surface area contributed by atoms with Gasteiger partial charge in [0.1, 0.15) is 11.4 Å². The van der Waals surface area contributed by atoms with Gasteiger partial charge in [-0.3, -0.25) is 9.69 Å². The van der Waals surface area contributed by atoms with E-state index in [1.165, 1.54) is 0 Å². The number of carbonyl (C=O) groups is 1. The highest BCUT2D eigenvalue weighted by Crippen LogP contribution is 2.33. The molecule has 2 fully saturated rings. The van der Waals surface area contributed by atoms with Crippen LogP contribution in [0.3, 0.4) is 0 Å². The van der Waals surface area contributed by atoms with Gasteiger partial charge in [-0.05, 0) is 38.8 Å². The van der Waals surface area contributed by atoms with Crippen molar-refractivity contribution in [2.75, 3.05) is 32.8 Å². The number of amides is 1. The standard InChI is InChI=1S/C23H30N4O3/c1-17-3-5-20(6-4-17)22(28)26-13-21-7-8-23(30-21)15-27(9-10-29-16-23)14-19-11-24-18(2)25-12-19/h3-6,11-12,21H,7-10,13-16H2,1-2H3,(H,26,28). The molecule has 7 nitrogen and oxygen atoms in total. The molecule has 1 N–H and O–H groups in total. The molecule has 1 aromatic heterocycles. The Labute approximate surface area is 177 Å². The summed E-state index contributed by atoms with van der Waals surface area (Å²) >= 11 is 0. The molecule has 30 heavy (non-hydrogen) atoms. The number of hydrogen-bond donors (Lipinski definition) is 1. The molecule has 160 valence electrons. The summed E-state index contributed by atoms with van der Waals surface area (Å²) in [5, 5.41) is 3.02. The van der Waals surface area contributed by atoms with E-state index in [-0.39, 0.29) is 17.6 Å². The van der Waals surface area contributed by atoms with Gasteiger partial charge in [0.2, 0.25) is 0 Å². The summed E-state index contributed by atoms with van der Waals surface area (Å²) in [6.07, 6.45) is 5.63. The lowest BCUT2D eigenvalue weighted by atomic mass is 10.00. The molecule has 2 aromatic rings. The number of aryl methyl sites for hydroxylation is 2. The number of nitrogens with one attached hydrogen (secondary N) is 1. The molecule has 3 heterocycles. The monoisotopic (exact) mass is 410 g/mol. The zero-order chi connectivity index (χ0) is 21.0. The van der Waals surface area contributed by atoms with Crippen LogP contribution in [0.25, 0.3) is 0 Å². The zero-order valence-corrected chi connectivity index (χ0v) is 17.8. The van der Waals surface area contributed by atoms with Gasteiger partial charge in [0.25, 0.3) is 5.91 Å². The third kappa shape index (κ3) is 5.22. The van der Waals surface area contributed by atoms with Crippen LogP contribution < -0.4 is 5.32 Å². The second kappa shape index (κ2) is 9.20. The predicted octanol–water partition coefficient (Wildman–Crippen LogP) is 2.27. The third-order valence-corrected chi connectivity index (χ3v) is 5.81. The van der Waals surface area contributed by atoms with Crippen molar-refractivity contribution in [2.45, 2.75) is 44.9 Å². The molecule has 2 aliphatic rings. The van der Waals surface area contributed by atoms with Gasteiger partial charge < -0.3 is 14.8 Å². The fraction of sp³-hybridized carbons (Fsp3) is 0.522. The summed E-state index contributed by atoms with van der Waals surface area (Å²) in [6.45, 7) is 8.14. The average molecular weight is 411 g/mol. The first-order valence-corrected chi connectivity index (χ1v) is 10.6. The lowest BCUT2D eigenvalue weighted by Gasteiger charge is -2.32. The van der Waals surface area contributed by atoms with Gasteiger partial charge in [-0.1, -0.05) is 17.7 Å². The first-order chi connectivity index (χ1) is 14.5. The van der Waals surface area contributed by atoms with Crippen LogP contribution in [0, 0.1) is 13.8 Å². The van der Waals surface area contributed by atoms with Crippen molar-refractivity contribution in [1.29, 1.82) is 0 Å². The SMILES string of the molecule is Cc1ccc(C(=O)NCC2CCC3(COCCN(Cc4cnc(C)nc4)C3)O2)cc1. The summed E-state index contributed by atoms with van der Waals surface area (Å²) in [5.41, 5.74) is 2.60. The molecular weight excluding hydrogens is 380 g/mol. The number of hydrogen-bond acceptors (Lipinski definition) is 6. The van der Waals surface area contributed by atoms with Gasteiger partial charge in [0.15, 0.2) is 0 Å².